The number of carbonyl (C=O) groups is 2. The molecule has 1 saturated heterocycles. The van der Waals surface area contributed by atoms with Crippen molar-refractivity contribution in [3.63, 3.8) is 0 Å². The van der Waals surface area contributed by atoms with Gasteiger partial charge in [0, 0.05) is 18.8 Å². The van der Waals surface area contributed by atoms with Crippen molar-refractivity contribution in [3.8, 4) is 0 Å². The highest BCUT2D eigenvalue weighted by Gasteiger charge is 2.23. The fraction of sp³-hybridized carbons (Fsp3) is 0.500. The highest BCUT2D eigenvalue weighted by atomic mass is 32.2. The molecule has 20 heavy (non-hydrogen) atoms. The molecule has 108 valence electrons. The summed E-state index contributed by atoms with van der Waals surface area (Å²) in [5.74, 6) is -0.717. The van der Waals surface area contributed by atoms with Crippen LogP contribution in [0.4, 0.5) is 0 Å². The van der Waals surface area contributed by atoms with Crippen LogP contribution in [0, 0.1) is 0 Å². The van der Waals surface area contributed by atoms with Crippen molar-refractivity contribution >= 4 is 23.6 Å². The van der Waals surface area contributed by atoms with Gasteiger partial charge in [-0.15, -0.1) is 0 Å². The number of likely N-dealkylation sites (tertiary alicyclic amines) is 1. The molecular weight excluding hydrogens is 276 g/mol. The van der Waals surface area contributed by atoms with Crippen LogP contribution in [0.15, 0.2) is 23.4 Å². The summed E-state index contributed by atoms with van der Waals surface area (Å²) in [5, 5.41) is 9.47. The number of hydrogen-bond donors (Lipinski definition) is 1. The van der Waals surface area contributed by atoms with Gasteiger partial charge in [0.1, 0.15) is 5.03 Å². The number of nitrogens with zero attached hydrogens (tertiary/aromatic N) is 2. The fourth-order valence-electron chi connectivity index (χ4n) is 2.35. The topological polar surface area (TPSA) is 70.5 Å². The van der Waals surface area contributed by atoms with E-state index in [1.807, 2.05) is 4.90 Å². The number of aromatic carboxylic acids is 1. The van der Waals surface area contributed by atoms with Crippen LogP contribution < -0.4 is 0 Å². The van der Waals surface area contributed by atoms with Crippen LogP contribution in [0.2, 0.25) is 0 Å². The Labute approximate surface area is 122 Å². The number of carboxylic acid groups (broad SMARTS) is 1. The first kappa shape index (κ1) is 14.8. The SMILES string of the molecule is CC1CCCCN1C(=O)CSc1ncccc1C(=O)O. The number of piperidine rings is 1. The third kappa shape index (κ3) is 3.50. The van der Waals surface area contributed by atoms with Crippen LogP contribution >= 0.6 is 11.8 Å². The van der Waals surface area contributed by atoms with E-state index in [9.17, 15) is 9.59 Å². The van der Waals surface area contributed by atoms with Crippen molar-refractivity contribution in [1.82, 2.24) is 9.88 Å². The largest absolute Gasteiger partial charge is 0.478 e. The number of carbonyl (C=O) groups excluding carboxylic acids is 1. The van der Waals surface area contributed by atoms with Gasteiger partial charge >= 0.3 is 5.97 Å². The van der Waals surface area contributed by atoms with Gasteiger partial charge in [0.05, 0.1) is 11.3 Å². The fourth-order valence-corrected chi connectivity index (χ4v) is 3.22. The molecule has 0 aromatic carbocycles. The molecule has 1 unspecified atom stereocenters. The summed E-state index contributed by atoms with van der Waals surface area (Å²) in [5.41, 5.74) is 0.150. The summed E-state index contributed by atoms with van der Waals surface area (Å²) in [6.45, 7) is 2.86. The summed E-state index contributed by atoms with van der Waals surface area (Å²) >= 11 is 1.20. The van der Waals surface area contributed by atoms with E-state index in [0.717, 1.165) is 19.4 Å². The Morgan fingerprint density at radius 2 is 2.30 bits per heavy atom. The summed E-state index contributed by atoms with van der Waals surface area (Å²) in [6.07, 6.45) is 4.80. The van der Waals surface area contributed by atoms with Crippen molar-refractivity contribution in [3.05, 3.63) is 23.9 Å². The van der Waals surface area contributed by atoms with Crippen LogP contribution in [0.5, 0.6) is 0 Å². The molecule has 0 saturated carbocycles. The highest BCUT2D eigenvalue weighted by molar-refractivity contribution is 8.00. The maximum atomic E-state index is 12.2. The van der Waals surface area contributed by atoms with Crippen molar-refractivity contribution in [2.45, 2.75) is 37.3 Å². The molecule has 2 rings (SSSR count). The molecule has 1 fully saturated rings. The Morgan fingerprint density at radius 1 is 1.50 bits per heavy atom. The van der Waals surface area contributed by atoms with E-state index < -0.39 is 5.97 Å². The molecule has 1 aliphatic heterocycles. The smallest absolute Gasteiger partial charge is 0.338 e. The lowest BCUT2D eigenvalue weighted by molar-refractivity contribution is -0.131. The van der Waals surface area contributed by atoms with Crippen LogP contribution in [-0.4, -0.2) is 45.2 Å². The zero-order valence-electron chi connectivity index (χ0n) is 11.4. The molecule has 0 aliphatic carbocycles. The van der Waals surface area contributed by atoms with Crippen molar-refractivity contribution < 1.29 is 14.7 Å². The van der Waals surface area contributed by atoms with Gasteiger partial charge in [-0.3, -0.25) is 4.79 Å². The van der Waals surface area contributed by atoms with Gasteiger partial charge < -0.3 is 10.0 Å². The number of aromatic nitrogens is 1. The van der Waals surface area contributed by atoms with Gasteiger partial charge in [-0.1, -0.05) is 11.8 Å². The predicted molar refractivity (Wildman–Crippen MR) is 76.9 cm³/mol. The van der Waals surface area contributed by atoms with E-state index in [0.29, 0.717) is 5.03 Å². The van der Waals surface area contributed by atoms with E-state index in [1.54, 1.807) is 12.3 Å². The summed E-state index contributed by atoms with van der Waals surface area (Å²) in [6, 6.07) is 3.37. The van der Waals surface area contributed by atoms with E-state index in [4.69, 9.17) is 5.11 Å². The molecule has 1 aliphatic rings. The van der Waals surface area contributed by atoms with Gasteiger partial charge in [0.15, 0.2) is 0 Å². The Kier molecular flexibility index (Phi) is 5.00. The highest BCUT2D eigenvalue weighted by Crippen LogP contribution is 2.22. The van der Waals surface area contributed by atoms with E-state index in [1.165, 1.54) is 24.2 Å². The van der Waals surface area contributed by atoms with Crippen molar-refractivity contribution in [2.75, 3.05) is 12.3 Å². The standard InChI is InChI=1S/C14H18N2O3S/c1-10-5-2-3-8-16(10)12(17)9-20-13-11(14(18)19)6-4-7-15-13/h4,6-7,10H,2-3,5,8-9H2,1H3,(H,18,19). The average molecular weight is 294 g/mol. The molecule has 1 N–H and O–H groups in total. The van der Waals surface area contributed by atoms with Gasteiger partial charge in [0.25, 0.3) is 0 Å². The molecule has 5 nitrogen and oxygen atoms in total. The second kappa shape index (κ2) is 6.74. The number of carboxylic acids is 1. The second-order valence-electron chi connectivity index (χ2n) is 4.88. The summed E-state index contributed by atoms with van der Waals surface area (Å²) in [4.78, 5) is 29.2. The Bertz CT molecular complexity index is 507. The van der Waals surface area contributed by atoms with E-state index in [2.05, 4.69) is 11.9 Å². The van der Waals surface area contributed by atoms with E-state index in [-0.39, 0.29) is 23.3 Å². The first-order valence-electron chi connectivity index (χ1n) is 6.70. The van der Waals surface area contributed by atoms with Crippen LogP contribution in [-0.2, 0) is 4.79 Å². The number of amides is 1. The van der Waals surface area contributed by atoms with Crippen molar-refractivity contribution in [2.24, 2.45) is 0 Å². The summed E-state index contributed by atoms with van der Waals surface area (Å²) < 4.78 is 0. The van der Waals surface area contributed by atoms with Crippen molar-refractivity contribution in [1.29, 1.82) is 0 Å². The normalized spacial score (nSPS) is 18.9. The maximum absolute atomic E-state index is 12.2. The second-order valence-corrected chi connectivity index (χ2v) is 5.85. The molecule has 0 bridgehead atoms. The lowest BCUT2D eigenvalue weighted by atomic mass is 10.0. The zero-order chi connectivity index (χ0) is 14.5. The zero-order valence-corrected chi connectivity index (χ0v) is 12.2. The van der Waals surface area contributed by atoms with E-state index >= 15 is 0 Å². The minimum absolute atomic E-state index is 0.0594. The minimum atomic E-state index is -1.01. The third-order valence-corrected chi connectivity index (χ3v) is 4.45. The van der Waals surface area contributed by atoms with Crippen LogP contribution in [0.25, 0.3) is 0 Å². The van der Waals surface area contributed by atoms with Gasteiger partial charge in [-0.05, 0) is 38.3 Å². The molecule has 1 aromatic heterocycles. The number of hydrogen-bond acceptors (Lipinski definition) is 4. The number of thioether (sulfide) groups is 1. The molecule has 0 spiro atoms. The maximum Gasteiger partial charge on any atom is 0.338 e. The van der Waals surface area contributed by atoms with Gasteiger partial charge in [-0.2, -0.15) is 0 Å². The predicted octanol–water partition coefficient (Wildman–Crippen LogP) is 2.27. The molecule has 2 heterocycles. The van der Waals surface area contributed by atoms with Crippen LogP contribution in [0.3, 0.4) is 0 Å². The number of rotatable bonds is 4. The first-order valence-corrected chi connectivity index (χ1v) is 7.68. The number of pyridine rings is 1. The van der Waals surface area contributed by atoms with Gasteiger partial charge in [-0.25, -0.2) is 9.78 Å². The molecule has 1 atom stereocenters. The molecule has 1 amide bonds. The summed E-state index contributed by atoms with van der Waals surface area (Å²) in [7, 11) is 0. The average Bonchev–Trinajstić information content (AvgIpc) is 2.45. The Hall–Kier alpha value is -1.56. The molecular formula is C14H18N2O3S. The lowest BCUT2D eigenvalue weighted by Gasteiger charge is -2.33. The molecule has 6 heteroatoms. The van der Waals surface area contributed by atoms with Gasteiger partial charge in [0.2, 0.25) is 5.91 Å². The quantitative estimate of drug-likeness (QED) is 0.863. The lowest BCUT2D eigenvalue weighted by Crippen LogP contribution is -2.42. The molecule has 1 aromatic rings. The Morgan fingerprint density at radius 3 is 3.00 bits per heavy atom. The Balaban J connectivity index is 1.98. The molecule has 0 radical (unpaired) electrons. The minimum Gasteiger partial charge on any atom is -0.478 e. The third-order valence-electron chi connectivity index (χ3n) is 3.46. The first-order chi connectivity index (χ1) is 9.59. The monoisotopic (exact) mass is 294 g/mol. The van der Waals surface area contributed by atoms with Crippen LogP contribution in [0.1, 0.15) is 36.5 Å².